The number of rotatable bonds is 4. The molecule has 7 nitrogen and oxygen atoms in total. The van der Waals surface area contributed by atoms with E-state index in [4.69, 9.17) is 9.47 Å². The van der Waals surface area contributed by atoms with Gasteiger partial charge >= 0.3 is 0 Å². The number of carbonyl (C=O) groups is 2. The first-order valence-electron chi connectivity index (χ1n) is 6.68. The SMILES string of the molecule is COc1cccc(OC)c1C(=O)NNC(=O)c1ccccc1O. The lowest BCUT2D eigenvalue weighted by molar-refractivity contribution is 0.0841. The summed E-state index contributed by atoms with van der Waals surface area (Å²) in [5.74, 6) is -0.833. The van der Waals surface area contributed by atoms with Gasteiger partial charge in [-0.1, -0.05) is 18.2 Å². The van der Waals surface area contributed by atoms with Crippen molar-refractivity contribution in [3.8, 4) is 17.2 Å². The van der Waals surface area contributed by atoms with Gasteiger partial charge < -0.3 is 14.6 Å². The molecule has 0 saturated carbocycles. The number of carbonyl (C=O) groups excluding carboxylic acids is 2. The van der Waals surface area contributed by atoms with Gasteiger partial charge in [0.15, 0.2) is 0 Å². The van der Waals surface area contributed by atoms with Crippen LogP contribution in [0.3, 0.4) is 0 Å². The Morgan fingerprint density at radius 3 is 2.00 bits per heavy atom. The minimum atomic E-state index is -0.648. The number of amides is 2. The van der Waals surface area contributed by atoms with Gasteiger partial charge in [-0.2, -0.15) is 0 Å². The first kappa shape index (κ1) is 16.2. The Kier molecular flexibility index (Phi) is 5.03. The van der Waals surface area contributed by atoms with Gasteiger partial charge in [-0.25, -0.2) is 0 Å². The molecule has 2 amide bonds. The predicted molar refractivity (Wildman–Crippen MR) is 82.6 cm³/mol. The summed E-state index contributed by atoms with van der Waals surface area (Å²) in [5, 5.41) is 9.61. The maximum atomic E-state index is 12.3. The number of para-hydroxylation sites is 1. The Balaban J connectivity index is 2.14. The molecule has 0 bridgehead atoms. The highest BCUT2D eigenvalue weighted by molar-refractivity contribution is 6.02. The Hall–Kier alpha value is -3.22. The fourth-order valence-corrected chi connectivity index (χ4v) is 1.98. The van der Waals surface area contributed by atoms with E-state index in [9.17, 15) is 14.7 Å². The molecule has 7 heteroatoms. The van der Waals surface area contributed by atoms with Crippen LogP contribution < -0.4 is 20.3 Å². The van der Waals surface area contributed by atoms with Crippen LogP contribution in [-0.4, -0.2) is 31.1 Å². The zero-order valence-electron chi connectivity index (χ0n) is 12.6. The van der Waals surface area contributed by atoms with Crippen LogP contribution in [0.2, 0.25) is 0 Å². The summed E-state index contributed by atoms with van der Waals surface area (Å²) >= 11 is 0. The fourth-order valence-electron chi connectivity index (χ4n) is 1.98. The first-order valence-corrected chi connectivity index (χ1v) is 6.68. The molecule has 0 aliphatic carbocycles. The minimum Gasteiger partial charge on any atom is -0.507 e. The second kappa shape index (κ2) is 7.17. The molecular weight excluding hydrogens is 300 g/mol. The molecule has 0 aromatic heterocycles. The highest BCUT2D eigenvalue weighted by Gasteiger charge is 2.19. The number of aromatic hydroxyl groups is 1. The highest BCUT2D eigenvalue weighted by Crippen LogP contribution is 2.27. The molecule has 0 unspecified atom stereocenters. The largest absolute Gasteiger partial charge is 0.507 e. The zero-order valence-corrected chi connectivity index (χ0v) is 12.6. The van der Waals surface area contributed by atoms with Crippen molar-refractivity contribution >= 4 is 11.8 Å². The summed E-state index contributed by atoms with van der Waals surface area (Å²) in [7, 11) is 2.85. The van der Waals surface area contributed by atoms with Crippen LogP contribution >= 0.6 is 0 Å². The Morgan fingerprint density at radius 2 is 1.43 bits per heavy atom. The number of nitrogens with one attached hydrogen (secondary N) is 2. The Labute approximate surface area is 132 Å². The molecule has 3 N–H and O–H groups in total. The van der Waals surface area contributed by atoms with Gasteiger partial charge in [0, 0.05) is 0 Å². The summed E-state index contributed by atoms with van der Waals surface area (Å²) in [4.78, 5) is 24.2. The molecule has 0 aliphatic heterocycles. The standard InChI is InChI=1S/C16H16N2O5/c1-22-12-8-5-9-13(23-2)14(12)16(21)18-17-15(20)10-6-3-4-7-11(10)19/h3-9,19H,1-2H3,(H,17,20)(H,18,21). The number of hydrogen-bond donors (Lipinski definition) is 3. The Morgan fingerprint density at radius 1 is 0.870 bits per heavy atom. The maximum Gasteiger partial charge on any atom is 0.277 e. The monoisotopic (exact) mass is 316 g/mol. The zero-order chi connectivity index (χ0) is 16.8. The van der Waals surface area contributed by atoms with Crippen molar-refractivity contribution in [2.75, 3.05) is 14.2 Å². The molecule has 0 aliphatic rings. The van der Waals surface area contributed by atoms with Gasteiger partial charge in [0.25, 0.3) is 11.8 Å². The van der Waals surface area contributed by atoms with E-state index in [2.05, 4.69) is 10.9 Å². The molecule has 0 radical (unpaired) electrons. The number of ether oxygens (including phenoxy) is 2. The van der Waals surface area contributed by atoms with Gasteiger partial charge in [0.05, 0.1) is 19.8 Å². The number of benzene rings is 2. The normalized spacial score (nSPS) is 9.83. The van der Waals surface area contributed by atoms with Crippen LogP contribution in [0.5, 0.6) is 17.2 Å². The number of hydrazine groups is 1. The van der Waals surface area contributed by atoms with Crippen LogP contribution in [-0.2, 0) is 0 Å². The summed E-state index contributed by atoms with van der Waals surface area (Å²) in [6, 6.07) is 10.9. The molecule has 2 aromatic rings. The van der Waals surface area contributed by atoms with Crippen LogP contribution in [0.15, 0.2) is 42.5 Å². The van der Waals surface area contributed by atoms with Crippen LogP contribution in [0.4, 0.5) is 0 Å². The maximum absolute atomic E-state index is 12.3. The predicted octanol–water partition coefficient (Wildman–Crippen LogP) is 1.48. The van der Waals surface area contributed by atoms with Gasteiger partial charge in [0.2, 0.25) is 0 Å². The number of phenols is 1. The van der Waals surface area contributed by atoms with E-state index in [1.54, 1.807) is 30.3 Å². The number of phenolic OH excluding ortho intramolecular Hbond substituents is 1. The van der Waals surface area contributed by atoms with Gasteiger partial charge in [-0.15, -0.1) is 0 Å². The van der Waals surface area contributed by atoms with E-state index in [0.717, 1.165) is 0 Å². The molecule has 23 heavy (non-hydrogen) atoms. The molecule has 0 heterocycles. The molecular formula is C16H16N2O5. The third kappa shape index (κ3) is 3.52. The van der Waals surface area contributed by atoms with Gasteiger partial charge in [-0.3, -0.25) is 20.4 Å². The quantitative estimate of drug-likeness (QED) is 0.743. The molecule has 120 valence electrons. The van der Waals surface area contributed by atoms with Crippen molar-refractivity contribution in [1.82, 2.24) is 10.9 Å². The van der Waals surface area contributed by atoms with Crippen LogP contribution in [0.1, 0.15) is 20.7 Å². The topological polar surface area (TPSA) is 96.9 Å². The van der Waals surface area contributed by atoms with Crippen molar-refractivity contribution in [3.05, 3.63) is 53.6 Å². The van der Waals surface area contributed by atoms with Crippen LogP contribution in [0, 0.1) is 0 Å². The molecule has 0 spiro atoms. The summed E-state index contributed by atoms with van der Waals surface area (Å²) < 4.78 is 10.3. The average molecular weight is 316 g/mol. The molecule has 2 rings (SSSR count). The fraction of sp³-hybridized carbons (Fsp3) is 0.125. The lowest BCUT2D eigenvalue weighted by Crippen LogP contribution is -2.41. The van der Waals surface area contributed by atoms with E-state index < -0.39 is 11.8 Å². The molecule has 0 saturated heterocycles. The third-order valence-corrected chi connectivity index (χ3v) is 3.09. The minimum absolute atomic E-state index is 0.0415. The van der Waals surface area contributed by atoms with Crippen molar-refractivity contribution in [3.63, 3.8) is 0 Å². The summed E-state index contributed by atoms with van der Waals surface area (Å²) in [6.07, 6.45) is 0. The van der Waals surface area contributed by atoms with Crippen LogP contribution in [0.25, 0.3) is 0 Å². The van der Waals surface area contributed by atoms with Crippen molar-refractivity contribution < 1.29 is 24.2 Å². The second-order valence-electron chi connectivity index (χ2n) is 4.46. The third-order valence-electron chi connectivity index (χ3n) is 3.09. The average Bonchev–Trinajstić information content (AvgIpc) is 2.58. The lowest BCUT2D eigenvalue weighted by atomic mass is 10.1. The summed E-state index contributed by atoms with van der Waals surface area (Å²) in [5.41, 5.74) is 4.69. The Bertz CT molecular complexity index is 708. The lowest BCUT2D eigenvalue weighted by Gasteiger charge is -2.13. The molecule has 0 fully saturated rings. The number of hydrogen-bond acceptors (Lipinski definition) is 5. The molecule has 2 aromatic carbocycles. The van der Waals surface area contributed by atoms with Gasteiger partial charge in [0.1, 0.15) is 22.8 Å². The highest BCUT2D eigenvalue weighted by atomic mass is 16.5. The van der Waals surface area contributed by atoms with Gasteiger partial charge in [-0.05, 0) is 24.3 Å². The van der Waals surface area contributed by atoms with Crippen molar-refractivity contribution in [2.24, 2.45) is 0 Å². The smallest absolute Gasteiger partial charge is 0.277 e. The van der Waals surface area contributed by atoms with E-state index in [-0.39, 0.29) is 16.9 Å². The second-order valence-corrected chi connectivity index (χ2v) is 4.46. The van der Waals surface area contributed by atoms with Crippen molar-refractivity contribution in [2.45, 2.75) is 0 Å². The first-order chi connectivity index (χ1) is 11.1. The van der Waals surface area contributed by atoms with E-state index >= 15 is 0 Å². The number of methoxy groups -OCH3 is 2. The summed E-state index contributed by atoms with van der Waals surface area (Å²) in [6.45, 7) is 0. The molecule has 0 atom stereocenters. The van der Waals surface area contributed by atoms with E-state index in [1.165, 1.54) is 26.4 Å². The van der Waals surface area contributed by atoms with E-state index in [0.29, 0.717) is 11.5 Å². The van der Waals surface area contributed by atoms with E-state index in [1.807, 2.05) is 0 Å². The van der Waals surface area contributed by atoms with Crippen molar-refractivity contribution in [1.29, 1.82) is 0 Å².